The van der Waals surface area contributed by atoms with Crippen LogP contribution in [0.4, 0.5) is 0 Å². The van der Waals surface area contributed by atoms with Gasteiger partial charge in [0.25, 0.3) is 11.8 Å². The molecule has 6 heterocycles. The number of ether oxygens (including phenoxy) is 1. The lowest BCUT2D eigenvalue weighted by molar-refractivity contribution is 0.0669. The number of rotatable bonds is 13. The largest absolute Gasteiger partial charge is 0.505 e. The van der Waals surface area contributed by atoms with Crippen LogP contribution in [0.15, 0.2) is 200 Å². The molecule has 0 unspecified atom stereocenters. The highest BCUT2D eigenvalue weighted by atomic mass is 35.5. The van der Waals surface area contributed by atoms with E-state index in [9.17, 15) is 54.3 Å². The molecule has 12 aromatic rings. The third-order valence-electron chi connectivity index (χ3n) is 18.4. The quantitative estimate of drug-likeness (QED) is 0.0586. The van der Waals surface area contributed by atoms with Crippen molar-refractivity contribution in [3.05, 3.63) is 316 Å². The van der Waals surface area contributed by atoms with Crippen LogP contribution in [0.2, 0.25) is 15.1 Å². The van der Waals surface area contributed by atoms with Crippen molar-refractivity contribution < 1.29 is 59.0 Å². The van der Waals surface area contributed by atoms with E-state index in [2.05, 4.69) is 10.3 Å². The summed E-state index contributed by atoms with van der Waals surface area (Å²) < 4.78 is 5.82. The van der Waals surface area contributed by atoms with Crippen molar-refractivity contribution in [3.8, 4) is 17.2 Å². The highest BCUT2D eigenvalue weighted by Gasteiger charge is 2.32. The number of hydrogen-bond acceptors (Lipinski definition) is 13. The van der Waals surface area contributed by atoms with Gasteiger partial charge in [0.15, 0.2) is 17.2 Å². The Hall–Kier alpha value is -11.3. The molecule has 6 N–H and O–H groups in total. The molecule has 0 fully saturated rings. The Bertz CT molecular complexity index is 5290. The number of amides is 2. The Morgan fingerprint density at radius 3 is 1.15 bits per heavy atom. The van der Waals surface area contributed by atoms with E-state index >= 15 is 0 Å². The molecule has 534 valence electrons. The molecule has 0 spiro atoms. The maximum absolute atomic E-state index is 13.3. The summed E-state index contributed by atoms with van der Waals surface area (Å²) in [7, 11) is 0. The molecule has 9 aromatic carbocycles. The third-order valence-corrected chi connectivity index (χ3v) is 19.1. The molecule has 0 atom stereocenters. The second-order valence-corrected chi connectivity index (χ2v) is 26.1. The van der Waals surface area contributed by atoms with Gasteiger partial charge in [0.2, 0.25) is 0 Å². The number of aromatic nitrogens is 3. The molecule has 18 nitrogen and oxygen atoms in total. The summed E-state index contributed by atoms with van der Waals surface area (Å²) in [5, 5.41) is 57.7. The van der Waals surface area contributed by atoms with E-state index in [0.29, 0.717) is 116 Å². The van der Waals surface area contributed by atoms with Gasteiger partial charge in [-0.3, -0.25) is 9.59 Å². The fourth-order valence-corrected chi connectivity index (χ4v) is 13.6. The summed E-state index contributed by atoms with van der Waals surface area (Å²) >= 11 is 18.0. The second-order valence-electron chi connectivity index (χ2n) is 24.8. The number of carboxylic acid groups (broad SMARTS) is 3. The van der Waals surface area contributed by atoms with Crippen molar-refractivity contribution in [1.82, 2.24) is 30.1 Å². The number of fused-ring (bicyclic) bond motifs is 9. The number of hydrogen-bond donors (Lipinski definition) is 6. The lowest BCUT2D eigenvalue weighted by atomic mass is 9.93. The molecule has 105 heavy (non-hydrogen) atoms. The molecule has 3 aromatic heterocycles. The van der Waals surface area contributed by atoms with Gasteiger partial charge in [-0.15, -0.1) is 12.4 Å². The van der Waals surface area contributed by atoms with Crippen LogP contribution in [0, 0.1) is 0 Å². The Balaban J connectivity index is 0.000000171. The first kappa shape index (κ1) is 76.4. The van der Waals surface area contributed by atoms with Crippen molar-refractivity contribution in [2.45, 2.75) is 73.0 Å². The third kappa shape index (κ3) is 16.6. The molecule has 3 aliphatic heterocycles. The van der Waals surface area contributed by atoms with E-state index in [1.54, 1.807) is 119 Å². The fraction of sp³-hybridized carbons (Fsp3) is 0.169. The van der Waals surface area contributed by atoms with E-state index in [1.165, 1.54) is 5.56 Å². The predicted octanol–water partition coefficient (Wildman–Crippen LogP) is 16.9. The van der Waals surface area contributed by atoms with Crippen molar-refractivity contribution >= 4 is 116 Å². The van der Waals surface area contributed by atoms with Crippen LogP contribution in [-0.4, -0.2) is 106 Å². The number of nitrogens with zero attached hydrogens (tertiary/aromatic N) is 5. The van der Waals surface area contributed by atoms with Gasteiger partial charge in [-0.05, 0) is 138 Å². The Morgan fingerprint density at radius 1 is 0.419 bits per heavy atom. The maximum atomic E-state index is 13.3. The highest BCUT2D eigenvalue weighted by Crippen LogP contribution is 2.40. The summed E-state index contributed by atoms with van der Waals surface area (Å²) in [4.78, 5) is 94.2. The molecular formula is C83H72Cl4N6O12. The minimum Gasteiger partial charge on any atom is -0.505 e. The molecule has 0 aliphatic carbocycles. The first-order valence-electron chi connectivity index (χ1n) is 32.7. The SMILES string of the molecule is C.C.Cl.O=C(O)c1c(O)c(Cc2ccc(Cl)cc2)nc2c3c(ccc12)CCN(C(=O)c1ccccc1)C3.O=C(O)c1c(O)c(Cc2ccc(Cl)cc2)nc2c3c(ccc12)CCNC3.O=C(Oc1c(Cc2ccc(Cl)cc2)nc2c3c(ccc2c1C(=O)O)CCN(C(=O)c1ccccc1)C3)c1ccccc1. The average Bonchev–Trinajstić information content (AvgIpc) is 0.759. The lowest BCUT2D eigenvalue weighted by Crippen LogP contribution is -2.36. The van der Waals surface area contributed by atoms with Gasteiger partial charge in [-0.2, -0.15) is 0 Å². The van der Waals surface area contributed by atoms with E-state index in [1.807, 2.05) is 91.0 Å². The smallest absolute Gasteiger partial charge is 0.343 e. The molecule has 0 radical (unpaired) electrons. The fourth-order valence-electron chi connectivity index (χ4n) is 13.2. The van der Waals surface area contributed by atoms with E-state index in [-0.39, 0.29) is 104 Å². The standard InChI is InChI=1S/C34H25ClN2O5.C27H21ClN2O4.C20H17ClN2O3.2CH4.ClH/c35-25-14-11-21(12-15-25)19-28-31(42-34(41)24-9-5-2-6-10-24)29(33(39)40)26-16-13-22-17-18-37(20-27(22)30(26)36-28)32(38)23-7-3-1-4-8-23;28-19-9-6-16(7-10-19)14-22-25(31)23(27(33)34)20-11-8-17-12-13-30(15-21(17)24(20)29-22)26(32)18-4-2-1-3-5-18;21-13-4-1-11(2-5-13)9-16-19(24)17(20(25)26)14-6-3-12-7-8-22-10-15(12)18(14)23-16;;;/h1-16H,17-20H2,(H,39,40);1-11,31H,12-15H2,(H,33,34);1-6,22,24H,7-10H2,(H,25,26);2*1H4;1H. The number of aromatic hydroxyl groups is 2. The van der Waals surface area contributed by atoms with Crippen molar-refractivity contribution in [2.24, 2.45) is 0 Å². The molecule has 3 aliphatic rings. The summed E-state index contributed by atoms with van der Waals surface area (Å²) in [5.41, 5.74) is 11.9. The molecule has 15 rings (SSSR count). The van der Waals surface area contributed by atoms with Gasteiger partial charge in [0, 0.05) is 105 Å². The highest BCUT2D eigenvalue weighted by molar-refractivity contribution is 6.31. The number of benzene rings is 9. The van der Waals surface area contributed by atoms with Crippen molar-refractivity contribution in [3.63, 3.8) is 0 Å². The van der Waals surface area contributed by atoms with Crippen LogP contribution < -0.4 is 10.1 Å². The number of nitrogens with one attached hydrogen (secondary N) is 1. The number of carbonyl (C=O) groups excluding carboxylic acids is 3. The van der Waals surface area contributed by atoms with Crippen LogP contribution in [0.5, 0.6) is 17.2 Å². The zero-order valence-electron chi connectivity index (χ0n) is 54.9. The zero-order chi connectivity index (χ0) is 71.3. The topological polar surface area (TPSA) is 270 Å². The van der Waals surface area contributed by atoms with Gasteiger partial charge in [-0.25, -0.2) is 34.1 Å². The van der Waals surface area contributed by atoms with Gasteiger partial charge in [0.05, 0.1) is 39.2 Å². The zero-order valence-corrected chi connectivity index (χ0v) is 58.0. The van der Waals surface area contributed by atoms with Crippen LogP contribution in [0.25, 0.3) is 32.7 Å². The Kier molecular flexibility index (Phi) is 24.3. The van der Waals surface area contributed by atoms with E-state index in [4.69, 9.17) is 49.5 Å². The Labute approximate surface area is 626 Å². The number of halogens is 4. The number of pyridine rings is 3. The normalized spacial score (nSPS) is 12.6. The monoisotopic (exact) mass is 1480 g/mol. The van der Waals surface area contributed by atoms with E-state index < -0.39 is 23.9 Å². The first-order chi connectivity index (χ1) is 49.3. The molecule has 0 saturated heterocycles. The summed E-state index contributed by atoms with van der Waals surface area (Å²) in [5.74, 6) is -5.23. The van der Waals surface area contributed by atoms with Crippen LogP contribution in [0.3, 0.4) is 0 Å². The van der Waals surface area contributed by atoms with Gasteiger partial charge >= 0.3 is 23.9 Å². The number of aromatic carboxylic acids is 3. The van der Waals surface area contributed by atoms with Gasteiger partial charge in [-0.1, -0.05) is 177 Å². The van der Waals surface area contributed by atoms with Crippen LogP contribution >= 0.6 is 47.2 Å². The molecule has 0 saturated carbocycles. The molecular weight excluding hydrogens is 1410 g/mol. The minimum atomic E-state index is -1.25. The van der Waals surface area contributed by atoms with Crippen molar-refractivity contribution in [1.29, 1.82) is 0 Å². The maximum Gasteiger partial charge on any atom is 0.343 e. The average molecular weight is 1490 g/mol. The second kappa shape index (κ2) is 33.5. The Morgan fingerprint density at radius 2 is 0.762 bits per heavy atom. The van der Waals surface area contributed by atoms with E-state index in [0.717, 1.165) is 57.5 Å². The summed E-state index contributed by atoms with van der Waals surface area (Å²) in [6.07, 6.45) is 2.89. The number of esters is 1. The van der Waals surface area contributed by atoms with Crippen molar-refractivity contribution in [2.75, 3.05) is 19.6 Å². The summed E-state index contributed by atoms with van der Waals surface area (Å²) in [6, 6.07) is 58.8. The number of carbonyl (C=O) groups is 6. The van der Waals surface area contributed by atoms with Gasteiger partial charge < -0.3 is 45.4 Å². The molecule has 22 heteroatoms. The van der Waals surface area contributed by atoms with Crippen LogP contribution in [0.1, 0.15) is 144 Å². The number of carboxylic acids is 3. The predicted molar refractivity (Wildman–Crippen MR) is 410 cm³/mol. The molecule has 2 amide bonds. The van der Waals surface area contributed by atoms with Crippen LogP contribution in [-0.2, 0) is 58.2 Å². The minimum absolute atomic E-state index is 0. The summed E-state index contributed by atoms with van der Waals surface area (Å²) in [6.45, 7) is 3.22. The molecule has 0 bridgehead atoms. The lowest BCUT2D eigenvalue weighted by Gasteiger charge is -2.30. The first-order valence-corrected chi connectivity index (χ1v) is 33.9. The van der Waals surface area contributed by atoms with Gasteiger partial charge in [0.1, 0.15) is 16.7 Å².